The third-order valence-electron chi connectivity index (χ3n) is 4.83. The zero-order valence-electron chi connectivity index (χ0n) is 15.8. The zero-order chi connectivity index (χ0) is 19.5. The molecule has 0 unspecified atom stereocenters. The molecular formula is C20H22N4O3S. The molecule has 7 nitrogen and oxygen atoms in total. The molecule has 0 bridgehead atoms. The van der Waals surface area contributed by atoms with Crippen LogP contribution in [0.15, 0.2) is 42.5 Å². The maximum Gasteiger partial charge on any atom is 0.321 e. The Morgan fingerprint density at radius 1 is 1.04 bits per heavy atom. The molecule has 28 heavy (non-hydrogen) atoms. The normalized spacial score (nSPS) is 14.2. The Labute approximate surface area is 167 Å². The Morgan fingerprint density at radius 2 is 1.71 bits per heavy atom. The number of benzene rings is 2. The van der Waals surface area contributed by atoms with Crippen molar-refractivity contribution in [1.29, 1.82) is 0 Å². The van der Waals surface area contributed by atoms with Gasteiger partial charge in [0.1, 0.15) is 17.3 Å². The van der Waals surface area contributed by atoms with Crippen molar-refractivity contribution in [2.75, 3.05) is 50.6 Å². The minimum atomic E-state index is -0.127. The fourth-order valence-electron chi connectivity index (χ4n) is 3.30. The van der Waals surface area contributed by atoms with E-state index < -0.39 is 0 Å². The summed E-state index contributed by atoms with van der Waals surface area (Å²) in [7, 11) is 3.17. The smallest absolute Gasteiger partial charge is 0.321 e. The lowest BCUT2D eigenvalue weighted by Gasteiger charge is -2.35. The van der Waals surface area contributed by atoms with Crippen LogP contribution in [-0.4, -0.2) is 55.7 Å². The lowest BCUT2D eigenvalue weighted by molar-refractivity contribution is 0.208. The van der Waals surface area contributed by atoms with Crippen LogP contribution in [-0.2, 0) is 0 Å². The van der Waals surface area contributed by atoms with Gasteiger partial charge < -0.3 is 24.6 Å². The quantitative estimate of drug-likeness (QED) is 0.726. The van der Waals surface area contributed by atoms with Crippen molar-refractivity contribution in [3.63, 3.8) is 0 Å². The average molecular weight is 398 g/mol. The number of piperazine rings is 1. The summed E-state index contributed by atoms with van der Waals surface area (Å²) in [6.45, 7) is 2.78. The predicted octanol–water partition coefficient (Wildman–Crippen LogP) is 3.67. The molecule has 1 aliphatic rings. The third-order valence-corrected chi connectivity index (χ3v) is 5.64. The molecule has 0 saturated carbocycles. The lowest BCUT2D eigenvalue weighted by Crippen LogP contribution is -2.50. The molecule has 0 spiro atoms. The molecule has 2 aromatic carbocycles. The SMILES string of the molecule is COc1cc(NC(=O)N2CCN(c3nsc4ccccc34)CC2)cc(OC)c1. The number of nitrogens with one attached hydrogen (secondary N) is 1. The number of ether oxygens (including phenoxy) is 2. The minimum Gasteiger partial charge on any atom is -0.497 e. The summed E-state index contributed by atoms with van der Waals surface area (Å²) in [4.78, 5) is 16.7. The molecule has 0 atom stereocenters. The van der Waals surface area contributed by atoms with Crippen molar-refractivity contribution in [3.05, 3.63) is 42.5 Å². The van der Waals surface area contributed by atoms with E-state index in [1.807, 2.05) is 17.0 Å². The molecule has 1 saturated heterocycles. The predicted molar refractivity (Wildman–Crippen MR) is 112 cm³/mol. The van der Waals surface area contributed by atoms with Crippen molar-refractivity contribution in [2.24, 2.45) is 0 Å². The van der Waals surface area contributed by atoms with E-state index in [0.717, 1.165) is 18.9 Å². The van der Waals surface area contributed by atoms with Crippen molar-refractivity contribution in [2.45, 2.75) is 0 Å². The van der Waals surface area contributed by atoms with Gasteiger partial charge in [-0.2, -0.15) is 4.37 Å². The molecule has 1 fully saturated rings. The first-order valence-electron chi connectivity index (χ1n) is 9.06. The Balaban J connectivity index is 1.40. The minimum absolute atomic E-state index is 0.127. The first-order chi connectivity index (χ1) is 13.7. The van der Waals surface area contributed by atoms with Gasteiger partial charge in [-0.15, -0.1) is 0 Å². The van der Waals surface area contributed by atoms with Gasteiger partial charge in [0.05, 0.1) is 18.9 Å². The number of amides is 2. The maximum atomic E-state index is 12.7. The molecule has 3 aromatic rings. The molecule has 4 rings (SSSR count). The number of anilines is 2. The standard InChI is InChI=1S/C20H22N4O3S/c1-26-15-11-14(12-16(13-15)27-2)21-20(25)24-9-7-23(8-10-24)19-17-5-3-4-6-18(17)28-22-19/h3-6,11-13H,7-10H2,1-2H3,(H,21,25). The first kappa shape index (κ1) is 18.4. The van der Waals surface area contributed by atoms with Gasteiger partial charge in [0.15, 0.2) is 0 Å². The average Bonchev–Trinajstić information content (AvgIpc) is 3.17. The van der Waals surface area contributed by atoms with Crippen LogP contribution in [0, 0.1) is 0 Å². The number of urea groups is 1. The zero-order valence-corrected chi connectivity index (χ0v) is 16.7. The van der Waals surface area contributed by atoms with Gasteiger partial charge in [0, 0.05) is 55.5 Å². The summed E-state index contributed by atoms with van der Waals surface area (Å²) in [6.07, 6.45) is 0. The first-order valence-corrected chi connectivity index (χ1v) is 9.83. The molecule has 2 amide bonds. The van der Waals surface area contributed by atoms with Gasteiger partial charge in [0.25, 0.3) is 0 Å². The number of hydrogen-bond acceptors (Lipinski definition) is 6. The second-order valence-corrected chi connectivity index (χ2v) is 7.31. The lowest BCUT2D eigenvalue weighted by atomic mass is 10.2. The Bertz CT molecular complexity index is 960. The summed E-state index contributed by atoms with van der Waals surface area (Å²) in [6, 6.07) is 13.4. The topological polar surface area (TPSA) is 66.9 Å². The summed E-state index contributed by atoms with van der Waals surface area (Å²) >= 11 is 1.52. The van der Waals surface area contributed by atoms with E-state index in [2.05, 4.69) is 26.7 Å². The van der Waals surface area contributed by atoms with Crippen LogP contribution in [0.1, 0.15) is 0 Å². The van der Waals surface area contributed by atoms with E-state index >= 15 is 0 Å². The van der Waals surface area contributed by atoms with E-state index in [0.29, 0.717) is 30.3 Å². The Hall–Kier alpha value is -3.00. The van der Waals surface area contributed by atoms with E-state index in [4.69, 9.17) is 9.47 Å². The molecule has 0 aliphatic carbocycles. The van der Waals surface area contributed by atoms with Crippen LogP contribution >= 0.6 is 11.5 Å². The molecule has 1 aliphatic heterocycles. The van der Waals surface area contributed by atoms with Gasteiger partial charge in [-0.25, -0.2) is 4.79 Å². The monoisotopic (exact) mass is 398 g/mol. The number of carbonyl (C=O) groups excluding carboxylic acids is 1. The van der Waals surface area contributed by atoms with Crippen LogP contribution in [0.4, 0.5) is 16.3 Å². The second-order valence-electron chi connectivity index (χ2n) is 6.51. The summed E-state index contributed by atoms with van der Waals surface area (Å²) in [5, 5.41) is 4.11. The van der Waals surface area contributed by atoms with E-state index in [9.17, 15) is 4.79 Å². The number of methoxy groups -OCH3 is 2. The van der Waals surface area contributed by atoms with Gasteiger partial charge >= 0.3 is 6.03 Å². The largest absolute Gasteiger partial charge is 0.497 e. The Kier molecular flexibility index (Phi) is 5.21. The maximum absolute atomic E-state index is 12.7. The fraction of sp³-hybridized carbons (Fsp3) is 0.300. The highest BCUT2D eigenvalue weighted by Gasteiger charge is 2.24. The number of nitrogens with zero attached hydrogens (tertiary/aromatic N) is 3. The summed E-state index contributed by atoms with van der Waals surface area (Å²) < 4.78 is 16.3. The van der Waals surface area contributed by atoms with Crippen LogP contribution in [0.5, 0.6) is 11.5 Å². The number of fused-ring (bicyclic) bond motifs is 1. The number of carbonyl (C=O) groups is 1. The second kappa shape index (κ2) is 7.93. The third kappa shape index (κ3) is 3.68. The van der Waals surface area contributed by atoms with E-state index in [-0.39, 0.29) is 6.03 Å². The molecule has 1 N–H and O–H groups in total. The van der Waals surface area contributed by atoms with Gasteiger partial charge in [-0.05, 0) is 23.7 Å². The van der Waals surface area contributed by atoms with Crippen LogP contribution in [0.25, 0.3) is 10.1 Å². The molecule has 0 radical (unpaired) electrons. The van der Waals surface area contributed by atoms with Crippen molar-refractivity contribution in [3.8, 4) is 11.5 Å². The number of aromatic nitrogens is 1. The van der Waals surface area contributed by atoms with E-state index in [1.165, 1.54) is 21.6 Å². The van der Waals surface area contributed by atoms with E-state index in [1.54, 1.807) is 32.4 Å². The highest BCUT2D eigenvalue weighted by atomic mass is 32.1. The highest BCUT2D eigenvalue weighted by molar-refractivity contribution is 7.13. The highest BCUT2D eigenvalue weighted by Crippen LogP contribution is 2.30. The molecule has 2 heterocycles. The summed E-state index contributed by atoms with van der Waals surface area (Å²) in [5.74, 6) is 2.28. The van der Waals surface area contributed by atoms with Crippen LogP contribution < -0.4 is 19.7 Å². The summed E-state index contributed by atoms with van der Waals surface area (Å²) in [5.41, 5.74) is 0.647. The van der Waals surface area contributed by atoms with Crippen molar-refractivity contribution < 1.29 is 14.3 Å². The Morgan fingerprint density at radius 3 is 2.39 bits per heavy atom. The molecule has 8 heteroatoms. The van der Waals surface area contributed by atoms with Crippen LogP contribution in [0.2, 0.25) is 0 Å². The van der Waals surface area contributed by atoms with Crippen LogP contribution in [0.3, 0.4) is 0 Å². The molecular weight excluding hydrogens is 376 g/mol. The van der Waals surface area contributed by atoms with Gasteiger partial charge in [0.2, 0.25) is 0 Å². The van der Waals surface area contributed by atoms with Crippen molar-refractivity contribution in [1.82, 2.24) is 9.27 Å². The number of rotatable bonds is 4. The fourth-order valence-corrected chi connectivity index (χ4v) is 4.10. The van der Waals surface area contributed by atoms with Gasteiger partial charge in [-0.1, -0.05) is 12.1 Å². The van der Waals surface area contributed by atoms with Crippen molar-refractivity contribution >= 4 is 39.2 Å². The molecule has 1 aromatic heterocycles. The molecule has 146 valence electrons. The number of hydrogen-bond donors (Lipinski definition) is 1. The van der Waals surface area contributed by atoms with Gasteiger partial charge in [-0.3, -0.25) is 0 Å².